The van der Waals surface area contributed by atoms with E-state index in [0.29, 0.717) is 12.3 Å². The van der Waals surface area contributed by atoms with Crippen LogP contribution in [0.15, 0.2) is 36.0 Å². The SMILES string of the molecule is CC(/C=C/C[C@H]1C(=O)O[C@@H]2O[C@@H]21)=C\C=C\C(C)C. The first-order valence-corrected chi connectivity index (χ1v) is 6.45. The van der Waals surface area contributed by atoms with Gasteiger partial charge in [0.2, 0.25) is 6.29 Å². The zero-order valence-electron chi connectivity index (χ0n) is 11.1. The minimum Gasteiger partial charge on any atom is -0.432 e. The molecule has 0 aliphatic carbocycles. The van der Waals surface area contributed by atoms with E-state index in [4.69, 9.17) is 9.47 Å². The molecule has 98 valence electrons. The van der Waals surface area contributed by atoms with Gasteiger partial charge in [-0.15, -0.1) is 0 Å². The summed E-state index contributed by atoms with van der Waals surface area (Å²) in [4.78, 5) is 11.4. The highest BCUT2D eigenvalue weighted by molar-refractivity contribution is 5.76. The standard InChI is InChI=1S/C15H20O3/c1-10(2)6-4-7-11(3)8-5-9-12-13-15(17-13)18-14(12)16/h4-8,10,12-13,15H,9H2,1-3H3/b6-4+,8-5+,11-7+/t12-,13-,15+/m1/s1. The fourth-order valence-corrected chi connectivity index (χ4v) is 1.94. The number of carbonyl (C=O) groups excluding carboxylic acids is 1. The molecular weight excluding hydrogens is 228 g/mol. The Morgan fingerprint density at radius 1 is 1.44 bits per heavy atom. The summed E-state index contributed by atoms with van der Waals surface area (Å²) in [6.07, 6.45) is 10.8. The Bertz CT molecular complexity index is 404. The van der Waals surface area contributed by atoms with E-state index in [-0.39, 0.29) is 24.3 Å². The van der Waals surface area contributed by atoms with Gasteiger partial charge in [-0.05, 0) is 19.3 Å². The Morgan fingerprint density at radius 3 is 2.83 bits per heavy atom. The third kappa shape index (κ3) is 3.33. The largest absolute Gasteiger partial charge is 0.432 e. The van der Waals surface area contributed by atoms with Crippen LogP contribution in [-0.2, 0) is 14.3 Å². The van der Waals surface area contributed by atoms with Gasteiger partial charge in [-0.25, -0.2) is 0 Å². The van der Waals surface area contributed by atoms with Crippen molar-refractivity contribution < 1.29 is 14.3 Å². The molecule has 0 saturated carbocycles. The van der Waals surface area contributed by atoms with Crippen LogP contribution in [0.2, 0.25) is 0 Å². The minimum atomic E-state index is -0.249. The van der Waals surface area contributed by atoms with Crippen LogP contribution in [0, 0.1) is 11.8 Å². The molecule has 3 atom stereocenters. The second-order valence-electron chi connectivity index (χ2n) is 5.19. The molecular formula is C15H20O3. The summed E-state index contributed by atoms with van der Waals surface area (Å²) in [6.45, 7) is 6.34. The van der Waals surface area contributed by atoms with Crippen LogP contribution in [0.5, 0.6) is 0 Å². The van der Waals surface area contributed by atoms with Crippen molar-refractivity contribution in [2.45, 2.75) is 39.6 Å². The zero-order valence-corrected chi connectivity index (χ0v) is 11.1. The summed E-state index contributed by atoms with van der Waals surface area (Å²) in [6, 6.07) is 0. The van der Waals surface area contributed by atoms with Crippen molar-refractivity contribution in [2.24, 2.45) is 11.8 Å². The Kier molecular flexibility index (Phi) is 4.02. The first-order chi connectivity index (χ1) is 8.58. The van der Waals surface area contributed by atoms with Crippen LogP contribution >= 0.6 is 0 Å². The molecule has 2 aliphatic rings. The summed E-state index contributed by atoms with van der Waals surface area (Å²) in [5.74, 6) is 0.336. The molecule has 0 spiro atoms. The average Bonchev–Trinajstić information content (AvgIpc) is 2.96. The summed E-state index contributed by atoms with van der Waals surface area (Å²) in [5, 5.41) is 0. The van der Waals surface area contributed by atoms with Gasteiger partial charge in [0.15, 0.2) is 0 Å². The maximum absolute atomic E-state index is 11.4. The molecule has 2 rings (SSSR count). The molecule has 18 heavy (non-hydrogen) atoms. The van der Waals surface area contributed by atoms with E-state index in [2.05, 4.69) is 32.1 Å². The number of fused-ring (bicyclic) bond motifs is 1. The Labute approximate surface area is 108 Å². The lowest BCUT2D eigenvalue weighted by Crippen LogP contribution is -2.14. The lowest BCUT2D eigenvalue weighted by atomic mass is 10.0. The summed E-state index contributed by atoms with van der Waals surface area (Å²) in [5.41, 5.74) is 1.17. The van der Waals surface area contributed by atoms with Gasteiger partial charge < -0.3 is 9.47 Å². The van der Waals surface area contributed by atoms with E-state index >= 15 is 0 Å². The van der Waals surface area contributed by atoms with Crippen LogP contribution in [0.1, 0.15) is 27.2 Å². The highest BCUT2D eigenvalue weighted by atomic mass is 16.8. The third-order valence-electron chi connectivity index (χ3n) is 3.04. The van der Waals surface area contributed by atoms with E-state index in [9.17, 15) is 4.79 Å². The maximum atomic E-state index is 11.4. The number of rotatable bonds is 5. The molecule has 0 bridgehead atoms. The first kappa shape index (κ1) is 13.1. The fourth-order valence-electron chi connectivity index (χ4n) is 1.94. The van der Waals surface area contributed by atoms with Crippen molar-refractivity contribution in [3.05, 3.63) is 36.0 Å². The van der Waals surface area contributed by atoms with Gasteiger partial charge in [-0.2, -0.15) is 0 Å². The molecule has 0 N–H and O–H groups in total. The second-order valence-corrected chi connectivity index (χ2v) is 5.19. The maximum Gasteiger partial charge on any atom is 0.314 e. The van der Waals surface area contributed by atoms with Crippen molar-refractivity contribution >= 4 is 5.97 Å². The van der Waals surface area contributed by atoms with Crippen LogP contribution in [0.4, 0.5) is 0 Å². The smallest absolute Gasteiger partial charge is 0.314 e. The topological polar surface area (TPSA) is 38.8 Å². The molecule has 2 aliphatic heterocycles. The van der Waals surface area contributed by atoms with Gasteiger partial charge in [0, 0.05) is 0 Å². The average molecular weight is 248 g/mol. The molecule has 0 aromatic carbocycles. The third-order valence-corrected chi connectivity index (χ3v) is 3.04. The molecule has 0 unspecified atom stereocenters. The molecule has 2 heterocycles. The quantitative estimate of drug-likeness (QED) is 0.426. The minimum absolute atomic E-state index is 0.00673. The Hall–Kier alpha value is -1.35. The van der Waals surface area contributed by atoms with Gasteiger partial charge >= 0.3 is 5.97 Å². The van der Waals surface area contributed by atoms with Gasteiger partial charge in [-0.3, -0.25) is 4.79 Å². The van der Waals surface area contributed by atoms with E-state index in [0.717, 1.165) is 0 Å². The molecule has 3 heteroatoms. The highest BCUT2D eigenvalue weighted by Crippen LogP contribution is 2.40. The van der Waals surface area contributed by atoms with Crippen LogP contribution in [0.25, 0.3) is 0 Å². The lowest BCUT2D eigenvalue weighted by Gasteiger charge is -2.03. The number of esters is 1. The van der Waals surface area contributed by atoms with E-state index in [1.807, 2.05) is 19.1 Å². The number of epoxide rings is 1. The molecule has 2 saturated heterocycles. The van der Waals surface area contributed by atoms with E-state index in [1.54, 1.807) is 0 Å². The zero-order chi connectivity index (χ0) is 13.1. The van der Waals surface area contributed by atoms with Crippen LogP contribution in [-0.4, -0.2) is 18.4 Å². The van der Waals surface area contributed by atoms with E-state index < -0.39 is 0 Å². The van der Waals surface area contributed by atoms with E-state index in [1.165, 1.54) is 5.57 Å². The Balaban J connectivity index is 1.78. The summed E-state index contributed by atoms with van der Waals surface area (Å²) in [7, 11) is 0. The van der Waals surface area contributed by atoms with Crippen molar-refractivity contribution in [3.8, 4) is 0 Å². The first-order valence-electron chi connectivity index (χ1n) is 6.45. The number of allylic oxidation sites excluding steroid dienone is 6. The molecule has 3 nitrogen and oxygen atoms in total. The van der Waals surface area contributed by atoms with Gasteiger partial charge in [-0.1, -0.05) is 49.8 Å². The number of ether oxygens (including phenoxy) is 2. The predicted molar refractivity (Wildman–Crippen MR) is 69.7 cm³/mol. The predicted octanol–water partition coefficient (Wildman–Crippen LogP) is 2.99. The molecule has 0 aromatic heterocycles. The van der Waals surface area contributed by atoms with Gasteiger partial charge in [0.25, 0.3) is 0 Å². The summed E-state index contributed by atoms with van der Waals surface area (Å²) < 4.78 is 10.2. The Morgan fingerprint density at radius 2 is 2.22 bits per heavy atom. The highest BCUT2D eigenvalue weighted by Gasteiger charge is 2.57. The number of hydrogen-bond acceptors (Lipinski definition) is 3. The normalized spacial score (nSPS) is 31.4. The fraction of sp³-hybridized carbons (Fsp3) is 0.533. The van der Waals surface area contributed by atoms with Crippen molar-refractivity contribution in [1.29, 1.82) is 0 Å². The van der Waals surface area contributed by atoms with Crippen molar-refractivity contribution in [2.75, 3.05) is 0 Å². The number of hydrogen-bond donors (Lipinski definition) is 0. The lowest BCUT2D eigenvalue weighted by molar-refractivity contribution is -0.151. The van der Waals surface area contributed by atoms with Crippen molar-refractivity contribution in [3.63, 3.8) is 0 Å². The molecule has 0 amide bonds. The van der Waals surface area contributed by atoms with Crippen LogP contribution in [0.3, 0.4) is 0 Å². The number of carbonyl (C=O) groups is 1. The van der Waals surface area contributed by atoms with Gasteiger partial charge in [0.1, 0.15) is 6.10 Å². The molecule has 2 fully saturated rings. The van der Waals surface area contributed by atoms with Crippen LogP contribution < -0.4 is 0 Å². The second kappa shape index (κ2) is 5.53. The van der Waals surface area contributed by atoms with Gasteiger partial charge in [0.05, 0.1) is 5.92 Å². The molecule has 0 radical (unpaired) electrons. The van der Waals surface area contributed by atoms with Crippen molar-refractivity contribution in [1.82, 2.24) is 0 Å². The summed E-state index contributed by atoms with van der Waals surface area (Å²) >= 11 is 0. The molecule has 0 aromatic rings. The monoisotopic (exact) mass is 248 g/mol.